The van der Waals surface area contributed by atoms with E-state index >= 15 is 0 Å². The first-order valence-electron chi connectivity index (χ1n) is 15.5. The van der Waals surface area contributed by atoms with Crippen LogP contribution in [0.5, 0.6) is 11.5 Å². The van der Waals surface area contributed by atoms with E-state index in [1.54, 1.807) is 7.11 Å². The highest BCUT2D eigenvalue weighted by atomic mass is 127. The lowest BCUT2D eigenvalue weighted by molar-refractivity contribution is -0.119. The first-order chi connectivity index (χ1) is 20.9. The molecule has 0 aromatic heterocycles. The van der Waals surface area contributed by atoms with Gasteiger partial charge in [-0.15, -0.1) is 0 Å². The number of hydrogen-bond acceptors (Lipinski definition) is 6. The highest BCUT2D eigenvalue weighted by Crippen LogP contribution is 2.55. The highest BCUT2D eigenvalue weighted by Gasteiger charge is 2.49. The van der Waals surface area contributed by atoms with Crippen LogP contribution in [0, 0.1) is 14.4 Å². The van der Waals surface area contributed by atoms with Crippen LogP contribution in [0.2, 0.25) is 5.02 Å². The molecule has 6 nitrogen and oxygen atoms in total. The summed E-state index contributed by atoms with van der Waals surface area (Å²) >= 11 is 8.69. The van der Waals surface area contributed by atoms with Crippen molar-refractivity contribution in [3.05, 3.63) is 78.7 Å². The second-order valence-corrected chi connectivity index (χ2v) is 15.2. The second kappa shape index (κ2) is 13.2. The Balaban J connectivity index is 1.66. The van der Waals surface area contributed by atoms with E-state index in [9.17, 15) is 9.59 Å². The smallest absolute Gasteiger partial charge is 0.174 e. The zero-order valence-corrected chi connectivity index (χ0v) is 29.6. The summed E-state index contributed by atoms with van der Waals surface area (Å²) in [5.41, 5.74) is 5.06. The number of carbonyl (C=O) groups excluding carboxylic acids is 2. The van der Waals surface area contributed by atoms with Crippen LogP contribution in [0.3, 0.4) is 0 Å². The summed E-state index contributed by atoms with van der Waals surface area (Å²) in [6.07, 6.45) is 3.26. The SMILES string of the molecule is CCOc1cc(C2C3=C(CC(C)(C)CC3=O)N(CCCOC)C3=C2C(=O)CC(C)(C)C3)cc(I)c1OCc1ccccc1Cl. The largest absolute Gasteiger partial charge is 0.490 e. The van der Waals surface area contributed by atoms with E-state index in [0.29, 0.717) is 55.7 Å². The zero-order chi connectivity index (χ0) is 31.8. The molecular weight excluding hydrogens is 689 g/mol. The molecule has 5 rings (SSSR count). The van der Waals surface area contributed by atoms with Gasteiger partial charge in [0, 0.05) is 72.1 Å². The maximum Gasteiger partial charge on any atom is 0.174 e. The molecule has 0 saturated carbocycles. The number of rotatable bonds is 10. The van der Waals surface area contributed by atoms with Crippen molar-refractivity contribution in [3.8, 4) is 11.5 Å². The fourth-order valence-electron chi connectivity index (χ4n) is 6.94. The van der Waals surface area contributed by atoms with Crippen LogP contribution in [0.4, 0.5) is 0 Å². The summed E-state index contributed by atoms with van der Waals surface area (Å²) in [5.74, 6) is 1.02. The van der Waals surface area contributed by atoms with Gasteiger partial charge in [-0.25, -0.2) is 0 Å². The van der Waals surface area contributed by atoms with Gasteiger partial charge in [-0.2, -0.15) is 0 Å². The molecule has 8 heteroatoms. The normalized spacial score (nSPS) is 19.7. The second-order valence-electron chi connectivity index (χ2n) is 13.7. The van der Waals surface area contributed by atoms with Gasteiger partial charge in [0.05, 0.1) is 10.2 Å². The summed E-state index contributed by atoms with van der Waals surface area (Å²) < 4.78 is 18.7. The highest BCUT2D eigenvalue weighted by molar-refractivity contribution is 14.1. The molecule has 1 heterocycles. The van der Waals surface area contributed by atoms with Crippen molar-refractivity contribution in [2.24, 2.45) is 10.8 Å². The van der Waals surface area contributed by atoms with Crippen LogP contribution in [-0.2, 0) is 20.9 Å². The third-order valence-corrected chi connectivity index (χ3v) is 9.92. The number of benzene rings is 2. The van der Waals surface area contributed by atoms with Crippen molar-refractivity contribution in [1.82, 2.24) is 4.90 Å². The Morgan fingerprint density at radius 2 is 1.55 bits per heavy atom. The van der Waals surface area contributed by atoms with Crippen LogP contribution < -0.4 is 9.47 Å². The van der Waals surface area contributed by atoms with Crippen molar-refractivity contribution in [1.29, 1.82) is 0 Å². The number of allylic oxidation sites excluding steroid dienone is 4. The number of carbonyl (C=O) groups is 2. The Labute approximate surface area is 280 Å². The molecule has 2 aromatic carbocycles. The summed E-state index contributed by atoms with van der Waals surface area (Å²) in [4.78, 5) is 30.6. The summed E-state index contributed by atoms with van der Waals surface area (Å²) in [5, 5.41) is 0.644. The van der Waals surface area contributed by atoms with E-state index in [1.165, 1.54) is 0 Å². The molecular formula is C36H43ClINO5. The summed E-state index contributed by atoms with van der Waals surface area (Å²) in [7, 11) is 1.71. The maximum atomic E-state index is 14.2. The molecule has 3 aliphatic rings. The van der Waals surface area contributed by atoms with Crippen molar-refractivity contribution in [3.63, 3.8) is 0 Å². The standard InChI is InChI=1S/C36H43ClINO5/c1-7-43-30-16-23(15-25(38)34(30)44-21-22-11-8-9-12-24(22)37)31-32-26(17-35(2,3)19-28(32)40)39(13-10-14-42-6)27-18-36(4,5)20-29(41)33(27)31/h8-9,11-12,15-16,31H,7,10,13-14,17-21H2,1-6H3. The lowest BCUT2D eigenvalue weighted by Crippen LogP contribution is -2.44. The average Bonchev–Trinajstić information content (AvgIpc) is 2.92. The van der Waals surface area contributed by atoms with Gasteiger partial charge >= 0.3 is 0 Å². The van der Waals surface area contributed by atoms with Crippen molar-refractivity contribution in [2.75, 3.05) is 26.9 Å². The minimum absolute atomic E-state index is 0.120. The predicted molar refractivity (Wildman–Crippen MR) is 182 cm³/mol. The molecule has 0 N–H and O–H groups in total. The van der Waals surface area contributed by atoms with Crippen molar-refractivity contribution < 1.29 is 23.8 Å². The molecule has 0 fully saturated rings. The third kappa shape index (κ3) is 6.75. The molecule has 0 bridgehead atoms. The Morgan fingerprint density at radius 1 is 0.932 bits per heavy atom. The van der Waals surface area contributed by atoms with Crippen LogP contribution in [0.1, 0.15) is 83.8 Å². The van der Waals surface area contributed by atoms with E-state index in [2.05, 4.69) is 61.3 Å². The number of ether oxygens (including phenoxy) is 3. The Morgan fingerprint density at radius 3 is 2.11 bits per heavy atom. The van der Waals surface area contributed by atoms with Crippen LogP contribution in [0.15, 0.2) is 58.9 Å². The number of Topliss-reactive ketones (excluding diaryl/α,β-unsaturated/α-hetero) is 2. The van der Waals surface area contributed by atoms with Gasteiger partial charge in [0.2, 0.25) is 0 Å². The molecule has 0 saturated heterocycles. The van der Waals surface area contributed by atoms with E-state index in [0.717, 1.165) is 56.5 Å². The van der Waals surface area contributed by atoms with Gasteiger partial charge in [-0.05, 0) is 83.4 Å². The summed E-state index contributed by atoms with van der Waals surface area (Å²) in [6.45, 7) is 12.7. The number of methoxy groups -OCH3 is 1. The first-order valence-corrected chi connectivity index (χ1v) is 16.9. The fourth-order valence-corrected chi connectivity index (χ4v) is 7.91. The van der Waals surface area contributed by atoms with E-state index in [1.807, 2.05) is 37.3 Å². The van der Waals surface area contributed by atoms with Gasteiger partial charge in [0.25, 0.3) is 0 Å². The van der Waals surface area contributed by atoms with Crippen LogP contribution in [-0.4, -0.2) is 43.3 Å². The number of ketones is 2. The van der Waals surface area contributed by atoms with E-state index in [-0.39, 0.29) is 22.4 Å². The molecule has 2 aliphatic carbocycles. The Bertz CT molecular complexity index is 1470. The molecule has 236 valence electrons. The Kier molecular flexibility index (Phi) is 9.88. The quantitative estimate of drug-likeness (QED) is 0.180. The van der Waals surface area contributed by atoms with E-state index in [4.69, 9.17) is 25.8 Å². The molecule has 0 unspecified atom stereocenters. The van der Waals surface area contributed by atoms with E-state index < -0.39 is 5.92 Å². The average molecular weight is 732 g/mol. The molecule has 44 heavy (non-hydrogen) atoms. The lowest BCUT2D eigenvalue weighted by atomic mass is 9.63. The van der Waals surface area contributed by atoms with Crippen molar-refractivity contribution >= 4 is 45.8 Å². The number of halogens is 2. The molecule has 1 aliphatic heterocycles. The van der Waals surface area contributed by atoms with Gasteiger partial charge in [0.1, 0.15) is 6.61 Å². The zero-order valence-electron chi connectivity index (χ0n) is 26.6. The fraction of sp³-hybridized carbons (Fsp3) is 0.500. The predicted octanol–water partition coefficient (Wildman–Crippen LogP) is 8.64. The van der Waals surface area contributed by atoms with Gasteiger partial charge in [-0.3, -0.25) is 9.59 Å². The van der Waals surface area contributed by atoms with Gasteiger partial charge in [-0.1, -0.05) is 57.5 Å². The molecule has 0 spiro atoms. The van der Waals surface area contributed by atoms with Crippen LogP contribution >= 0.6 is 34.2 Å². The van der Waals surface area contributed by atoms with Gasteiger partial charge < -0.3 is 19.1 Å². The molecule has 2 aromatic rings. The van der Waals surface area contributed by atoms with Crippen LogP contribution in [0.25, 0.3) is 0 Å². The van der Waals surface area contributed by atoms with Crippen molar-refractivity contribution in [2.45, 2.75) is 79.2 Å². The lowest BCUT2D eigenvalue weighted by Gasteiger charge is -2.49. The topological polar surface area (TPSA) is 65.1 Å². The number of nitrogens with zero attached hydrogens (tertiary/aromatic N) is 1. The number of hydrogen-bond donors (Lipinski definition) is 0. The summed E-state index contributed by atoms with van der Waals surface area (Å²) in [6, 6.07) is 11.7. The monoisotopic (exact) mass is 731 g/mol. The minimum atomic E-state index is -0.448. The maximum absolute atomic E-state index is 14.2. The minimum Gasteiger partial charge on any atom is -0.490 e. The molecule has 0 amide bonds. The third-order valence-electron chi connectivity index (χ3n) is 8.75. The molecule has 0 radical (unpaired) electrons. The Hall–Kier alpha value is -2.36. The first kappa shape index (κ1) is 33.0. The van der Waals surface area contributed by atoms with Gasteiger partial charge in [0.15, 0.2) is 23.1 Å². The molecule has 0 atom stereocenters.